The molecule has 0 aliphatic rings. The Morgan fingerprint density at radius 2 is 2.06 bits per heavy atom. The highest BCUT2D eigenvalue weighted by molar-refractivity contribution is 9.12. The molecule has 1 rings (SSSR count). The third-order valence-corrected chi connectivity index (χ3v) is 6.65. The molecule has 0 heterocycles. The first kappa shape index (κ1) is 14.7. The van der Waals surface area contributed by atoms with Gasteiger partial charge in [0, 0.05) is 16.3 Å². The third kappa shape index (κ3) is 2.89. The molecule has 0 unspecified atom stereocenters. The standard InChI is InChI=1S/C11H12BrClO3S/c1-3-17(15,16)11(2,12)10(14)8-5-4-6-9(13)7-8/h4-7H,3H2,1-2H3/t11-/m0/s1. The van der Waals surface area contributed by atoms with Crippen molar-refractivity contribution in [3.05, 3.63) is 34.9 Å². The summed E-state index contributed by atoms with van der Waals surface area (Å²) in [6.45, 7) is 2.84. The number of hydrogen-bond acceptors (Lipinski definition) is 3. The van der Waals surface area contributed by atoms with Crippen LogP contribution in [0.5, 0.6) is 0 Å². The third-order valence-electron chi connectivity index (χ3n) is 2.46. The zero-order valence-electron chi connectivity index (χ0n) is 9.41. The van der Waals surface area contributed by atoms with E-state index in [0.29, 0.717) is 5.02 Å². The molecular weight excluding hydrogens is 328 g/mol. The van der Waals surface area contributed by atoms with Gasteiger partial charge in [0.2, 0.25) is 0 Å². The molecule has 1 aromatic carbocycles. The number of carbonyl (C=O) groups is 1. The van der Waals surface area contributed by atoms with Crippen LogP contribution in [0.15, 0.2) is 24.3 Å². The van der Waals surface area contributed by atoms with Crippen molar-refractivity contribution in [1.82, 2.24) is 0 Å². The van der Waals surface area contributed by atoms with Gasteiger partial charge in [-0.1, -0.05) is 46.6 Å². The highest BCUT2D eigenvalue weighted by Gasteiger charge is 2.42. The first-order valence-corrected chi connectivity index (χ1v) is 7.76. The van der Waals surface area contributed by atoms with Crippen LogP contribution in [0.3, 0.4) is 0 Å². The zero-order valence-corrected chi connectivity index (χ0v) is 12.6. The van der Waals surface area contributed by atoms with Crippen LogP contribution in [-0.2, 0) is 9.84 Å². The molecule has 17 heavy (non-hydrogen) atoms. The maximum Gasteiger partial charge on any atom is 0.194 e. The number of ketones is 1. The average Bonchev–Trinajstić information content (AvgIpc) is 2.27. The van der Waals surface area contributed by atoms with E-state index in [4.69, 9.17) is 11.6 Å². The Balaban J connectivity index is 3.23. The van der Waals surface area contributed by atoms with Gasteiger partial charge in [-0.15, -0.1) is 0 Å². The zero-order chi connectivity index (χ0) is 13.3. The molecular formula is C11H12BrClO3S. The molecule has 94 valence electrons. The minimum absolute atomic E-state index is 0.110. The predicted octanol–water partition coefficient (Wildman–Crippen LogP) is 3.07. The van der Waals surface area contributed by atoms with Gasteiger partial charge >= 0.3 is 0 Å². The molecule has 1 atom stereocenters. The van der Waals surface area contributed by atoms with E-state index in [0.717, 1.165) is 0 Å². The fraction of sp³-hybridized carbons (Fsp3) is 0.364. The van der Waals surface area contributed by atoms with E-state index >= 15 is 0 Å². The number of rotatable bonds is 4. The van der Waals surface area contributed by atoms with Crippen LogP contribution < -0.4 is 0 Å². The summed E-state index contributed by atoms with van der Waals surface area (Å²) in [5, 5.41) is 0.396. The normalized spacial score (nSPS) is 15.3. The molecule has 0 saturated heterocycles. The highest BCUT2D eigenvalue weighted by Crippen LogP contribution is 2.30. The summed E-state index contributed by atoms with van der Waals surface area (Å²) in [6.07, 6.45) is 0. The van der Waals surface area contributed by atoms with Crippen molar-refractivity contribution in [1.29, 1.82) is 0 Å². The van der Waals surface area contributed by atoms with Gasteiger partial charge in [-0.25, -0.2) is 8.42 Å². The van der Waals surface area contributed by atoms with E-state index in [1.165, 1.54) is 19.9 Å². The van der Waals surface area contributed by atoms with Crippen molar-refractivity contribution in [2.45, 2.75) is 17.5 Å². The van der Waals surface area contributed by atoms with Crippen molar-refractivity contribution >= 4 is 43.2 Å². The number of hydrogen-bond donors (Lipinski definition) is 0. The second-order valence-electron chi connectivity index (χ2n) is 3.66. The van der Waals surface area contributed by atoms with E-state index < -0.39 is 19.3 Å². The van der Waals surface area contributed by atoms with Crippen molar-refractivity contribution in [3.8, 4) is 0 Å². The average molecular weight is 340 g/mol. The minimum Gasteiger partial charge on any atom is -0.291 e. The molecule has 0 aliphatic heterocycles. The molecule has 0 bridgehead atoms. The van der Waals surface area contributed by atoms with E-state index in [9.17, 15) is 13.2 Å². The number of carbonyl (C=O) groups excluding carboxylic acids is 1. The Bertz CT molecular complexity index is 537. The maximum atomic E-state index is 12.1. The van der Waals surface area contributed by atoms with Gasteiger partial charge in [-0.2, -0.15) is 0 Å². The lowest BCUT2D eigenvalue weighted by molar-refractivity contribution is 0.0983. The van der Waals surface area contributed by atoms with Crippen LogP contribution in [0.4, 0.5) is 0 Å². The Kier molecular flexibility index (Phi) is 4.38. The van der Waals surface area contributed by atoms with Crippen LogP contribution >= 0.6 is 27.5 Å². The number of sulfone groups is 1. The van der Waals surface area contributed by atoms with Crippen molar-refractivity contribution in [2.75, 3.05) is 5.75 Å². The van der Waals surface area contributed by atoms with Crippen molar-refractivity contribution in [3.63, 3.8) is 0 Å². The summed E-state index contributed by atoms with van der Waals surface area (Å²) in [4.78, 5) is 12.1. The summed E-state index contributed by atoms with van der Waals surface area (Å²) in [5.41, 5.74) is 0.272. The van der Waals surface area contributed by atoms with Gasteiger partial charge in [0.1, 0.15) is 0 Å². The van der Waals surface area contributed by atoms with Crippen LogP contribution in [-0.4, -0.2) is 23.6 Å². The van der Waals surface area contributed by atoms with Gasteiger partial charge in [0.15, 0.2) is 19.3 Å². The van der Waals surface area contributed by atoms with E-state index in [1.807, 2.05) is 0 Å². The van der Waals surface area contributed by atoms with Crippen LogP contribution in [0.2, 0.25) is 5.02 Å². The second kappa shape index (κ2) is 5.08. The van der Waals surface area contributed by atoms with E-state index in [1.54, 1.807) is 18.2 Å². The highest BCUT2D eigenvalue weighted by atomic mass is 79.9. The summed E-state index contributed by atoms with van der Waals surface area (Å²) in [6, 6.07) is 6.23. The van der Waals surface area contributed by atoms with Gasteiger partial charge in [-0.3, -0.25) is 4.79 Å². The topological polar surface area (TPSA) is 51.2 Å². The molecule has 0 radical (unpaired) electrons. The Labute approximate surface area is 114 Å². The SMILES string of the molecule is CCS(=O)(=O)[C@](C)(Br)C(=O)c1cccc(Cl)c1. The molecule has 0 fully saturated rings. The lowest BCUT2D eigenvalue weighted by atomic mass is 10.1. The molecule has 0 spiro atoms. The molecule has 6 heteroatoms. The Morgan fingerprint density at radius 1 is 1.47 bits per heavy atom. The Hall–Kier alpha value is -0.390. The molecule has 0 aliphatic carbocycles. The Morgan fingerprint density at radius 3 is 2.53 bits per heavy atom. The van der Waals surface area contributed by atoms with Gasteiger partial charge in [0.05, 0.1) is 0 Å². The first-order chi connectivity index (χ1) is 7.72. The smallest absolute Gasteiger partial charge is 0.194 e. The van der Waals surface area contributed by atoms with Gasteiger partial charge < -0.3 is 0 Å². The molecule has 0 N–H and O–H groups in total. The lowest BCUT2D eigenvalue weighted by Crippen LogP contribution is -2.38. The lowest BCUT2D eigenvalue weighted by Gasteiger charge is -2.20. The maximum absolute atomic E-state index is 12.1. The second-order valence-corrected chi connectivity index (χ2v) is 8.83. The van der Waals surface area contributed by atoms with Gasteiger partial charge in [0.25, 0.3) is 0 Å². The molecule has 3 nitrogen and oxygen atoms in total. The quantitative estimate of drug-likeness (QED) is 0.626. The molecule has 0 amide bonds. The minimum atomic E-state index is -3.53. The van der Waals surface area contributed by atoms with Crippen LogP contribution in [0, 0.1) is 0 Å². The number of alkyl halides is 1. The largest absolute Gasteiger partial charge is 0.291 e. The molecule has 1 aromatic rings. The fourth-order valence-corrected chi connectivity index (χ4v) is 3.35. The number of halogens is 2. The van der Waals surface area contributed by atoms with Crippen molar-refractivity contribution < 1.29 is 13.2 Å². The molecule has 0 saturated carbocycles. The summed E-state index contributed by atoms with van der Waals surface area (Å²) in [5.74, 6) is -0.622. The first-order valence-electron chi connectivity index (χ1n) is 4.94. The molecule has 0 aromatic heterocycles. The van der Waals surface area contributed by atoms with Crippen molar-refractivity contribution in [2.24, 2.45) is 0 Å². The fourth-order valence-electron chi connectivity index (χ4n) is 1.30. The predicted molar refractivity (Wildman–Crippen MR) is 72.6 cm³/mol. The van der Waals surface area contributed by atoms with E-state index in [-0.39, 0.29) is 11.3 Å². The van der Waals surface area contributed by atoms with Crippen LogP contribution in [0.1, 0.15) is 24.2 Å². The summed E-state index contributed by atoms with van der Waals surface area (Å²) < 4.78 is 22.0. The summed E-state index contributed by atoms with van der Waals surface area (Å²) in [7, 11) is -3.53. The number of benzene rings is 1. The monoisotopic (exact) mass is 338 g/mol. The van der Waals surface area contributed by atoms with Crippen LogP contribution in [0.25, 0.3) is 0 Å². The number of Topliss-reactive ketones (excluding diaryl/α,β-unsaturated/α-hetero) is 1. The summed E-state index contributed by atoms with van der Waals surface area (Å²) >= 11 is 8.78. The van der Waals surface area contributed by atoms with E-state index in [2.05, 4.69) is 15.9 Å². The van der Waals surface area contributed by atoms with Gasteiger partial charge in [-0.05, 0) is 19.1 Å².